The smallest absolute Gasteiger partial charge is 0.0908 e. The lowest BCUT2D eigenvalue weighted by atomic mass is 10.1. The van der Waals surface area contributed by atoms with E-state index in [4.69, 9.17) is 11.6 Å². The van der Waals surface area contributed by atoms with E-state index in [1.165, 1.54) is 0 Å². The van der Waals surface area contributed by atoms with E-state index in [-0.39, 0.29) is 6.04 Å². The third-order valence-electron chi connectivity index (χ3n) is 3.57. The van der Waals surface area contributed by atoms with Crippen LogP contribution < -0.4 is 5.32 Å². The molecule has 0 spiro atoms. The predicted molar refractivity (Wildman–Crippen MR) is 86.7 cm³/mol. The van der Waals surface area contributed by atoms with Crippen LogP contribution >= 0.6 is 11.6 Å². The number of nitrogens with zero attached hydrogens (tertiary/aromatic N) is 3. The van der Waals surface area contributed by atoms with Crippen molar-refractivity contribution in [3.8, 4) is 0 Å². The van der Waals surface area contributed by atoms with Crippen LogP contribution in [0.4, 0.5) is 5.69 Å². The maximum absolute atomic E-state index is 6.20. The van der Waals surface area contributed by atoms with E-state index in [0.717, 1.165) is 28.7 Å². The van der Waals surface area contributed by atoms with Crippen LogP contribution in [0, 0.1) is 0 Å². The van der Waals surface area contributed by atoms with Crippen LogP contribution in [0.3, 0.4) is 0 Å². The number of aromatic nitrogens is 3. The molecule has 0 radical (unpaired) electrons. The molecule has 2 aromatic heterocycles. The molecule has 4 nitrogen and oxygen atoms in total. The highest BCUT2D eigenvalue weighted by Gasteiger charge is 2.11. The first-order valence-corrected chi connectivity index (χ1v) is 7.39. The maximum Gasteiger partial charge on any atom is 0.0908 e. The molecule has 1 atom stereocenters. The van der Waals surface area contributed by atoms with E-state index < -0.39 is 0 Å². The Morgan fingerprint density at radius 2 is 2.19 bits per heavy atom. The lowest BCUT2D eigenvalue weighted by Gasteiger charge is -2.16. The van der Waals surface area contributed by atoms with Crippen molar-refractivity contribution in [1.82, 2.24) is 14.8 Å². The van der Waals surface area contributed by atoms with Gasteiger partial charge in [0, 0.05) is 35.6 Å². The molecule has 0 amide bonds. The second kappa shape index (κ2) is 5.74. The second-order valence-corrected chi connectivity index (χ2v) is 5.40. The Bertz CT molecular complexity index is 766. The first kappa shape index (κ1) is 13.9. The number of rotatable bonds is 4. The molecule has 1 aromatic carbocycles. The minimum atomic E-state index is 0.162. The molecule has 3 rings (SSSR count). The average molecular weight is 301 g/mol. The summed E-state index contributed by atoms with van der Waals surface area (Å²) in [7, 11) is 0. The van der Waals surface area contributed by atoms with Crippen molar-refractivity contribution < 1.29 is 0 Å². The summed E-state index contributed by atoms with van der Waals surface area (Å²) in [5.74, 6) is 0. The lowest BCUT2D eigenvalue weighted by Crippen LogP contribution is -2.06. The molecule has 21 heavy (non-hydrogen) atoms. The van der Waals surface area contributed by atoms with Crippen molar-refractivity contribution in [2.75, 3.05) is 5.32 Å². The Labute approximate surface area is 128 Å². The van der Waals surface area contributed by atoms with E-state index in [0.29, 0.717) is 5.02 Å². The molecule has 0 aliphatic rings. The molecule has 5 heteroatoms. The normalized spacial score (nSPS) is 12.5. The Morgan fingerprint density at radius 3 is 2.95 bits per heavy atom. The Hall–Kier alpha value is -2.07. The molecule has 0 fully saturated rings. The zero-order chi connectivity index (χ0) is 14.8. The monoisotopic (exact) mass is 300 g/mol. The summed E-state index contributed by atoms with van der Waals surface area (Å²) < 4.78 is 1.93. The molecule has 1 N–H and O–H groups in total. The molecule has 0 aliphatic heterocycles. The summed E-state index contributed by atoms with van der Waals surface area (Å²) in [6.45, 7) is 5.07. The van der Waals surface area contributed by atoms with Crippen LogP contribution in [0.15, 0.2) is 42.9 Å². The molecule has 0 bridgehead atoms. The van der Waals surface area contributed by atoms with Crippen molar-refractivity contribution in [3.63, 3.8) is 0 Å². The van der Waals surface area contributed by atoms with Gasteiger partial charge >= 0.3 is 0 Å². The van der Waals surface area contributed by atoms with Crippen LogP contribution in [0.5, 0.6) is 0 Å². The van der Waals surface area contributed by atoms with Gasteiger partial charge in [0.05, 0.1) is 22.8 Å². The van der Waals surface area contributed by atoms with Crippen LogP contribution in [-0.4, -0.2) is 14.8 Å². The fourth-order valence-corrected chi connectivity index (χ4v) is 2.57. The van der Waals surface area contributed by atoms with Crippen molar-refractivity contribution in [1.29, 1.82) is 0 Å². The summed E-state index contributed by atoms with van der Waals surface area (Å²) in [4.78, 5) is 4.35. The Kier molecular flexibility index (Phi) is 3.80. The zero-order valence-corrected chi connectivity index (χ0v) is 12.8. The summed E-state index contributed by atoms with van der Waals surface area (Å²) in [5.41, 5.74) is 3.00. The minimum Gasteiger partial charge on any atom is -0.378 e. The van der Waals surface area contributed by atoms with Gasteiger partial charge in [0.2, 0.25) is 0 Å². The number of pyridine rings is 1. The number of benzene rings is 1. The van der Waals surface area contributed by atoms with Crippen LogP contribution in [0.2, 0.25) is 5.02 Å². The van der Waals surface area contributed by atoms with Gasteiger partial charge in [-0.15, -0.1) is 0 Å². The van der Waals surface area contributed by atoms with Crippen molar-refractivity contribution in [2.45, 2.75) is 26.4 Å². The van der Waals surface area contributed by atoms with E-state index in [1.807, 2.05) is 35.1 Å². The molecular formula is C16H17ClN4. The van der Waals surface area contributed by atoms with Crippen LogP contribution in [0.1, 0.15) is 25.5 Å². The number of halogens is 1. The fraction of sp³-hybridized carbons (Fsp3) is 0.250. The van der Waals surface area contributed by atoms with Gasteiger partial charge in [-0.05, 0) is 38.1 Å². The lowest BCUT2D eigenvalue weighted by molar-refractivity contribution is 0.658. The molecule has 2 heterocycles. The van der Waals surface area contributed by atoms with Crippen LogP contribution in [-0.2, 0) is 6.54 Å². The third kappa shape index (κ3) is 2.72. The van der Waals surface area contributed by atoms with Gasteiger partial charge in [-0.2, -0.15) is 5.10 Å². The van der Waals surface area contributed by atoms with E-state index in [9.17, 15) is 0 Å². The van der Waals surface area contributed by atoms with Crippen molar-refractivity contribution in [2.24, 2.45) is 0 Å². The highest BCUT2D eigenvalue weighted by molar-refractivity contribution is 6.35. The highest BCUT2D eigenvalue weighted by atomic mass is 35.5. The standard InChI is InChI=1S/C16H17ClN4/c1-3-21-10-12(9-19-21)11(2)20-15-7-6-14(17)16-13(15)5-4-8-18-16/h4-11,20H,3H2,1-2H3. The minimum absolute atomic E-state index is 0.162. The summed E-state index contributed by atoms with van der Waals surface area (Å²) in [6.07, 6.45) is 5.72. The topological polar surface area (TPSA) is 42.7 Å². The molecule has 0 saturated carbocycles. The predicted octanol–water partition coefficient (Wildman–Crippen LogP) is 4.28. The fourth-order valence-electron chi connectivity index (χ4n) is 2.36. The van der Waals surface area contributed by atoms with Gasteiger partial charge in [0.25, 0.3) is 0 Å². The quantitative estimate of drug-likeness (QED) is 0.782. The van der Waals surface area contributed by atoms with Crippen molar-refractivity contribution in [3.05, 3.63) is 53.4 Å². The molecule has 0 aliphatic carbocycles. The summed E-state index contributed by atoms with van der Waals surface area (Å²) in [6, 6.07) is 7.98. The number of fused-ring (bicyclic) bond motifs is 1. The molecule has 0 saturated heterocycles. The SMILES string of the molecule is CCn1cc(C(C)Nc2ccc(Cl)c3ncccc23)cn1. The van der Waals surface area contributed by atoms with Gasteiger partial charge in [-0.3, -0.25) is 9.67 Å². The number of hydrogen-bond donors (Lipinski definition) is 1. The number of nitrogens with one attached hydrogen (secondary N) is 1. The van der Waals surface area contributed by atoms with Gasteiger partial charge in [-0.25, -0.2) is 0 Å². The molecule has 1 unspecified atom stereocenters. The number of anilines is 1. The average Bonchev–Trinajstić information content (AvgIpc) is 2.99. The van der Waals surface area contributed by atoms with E-state index in [2.05, 4.69) is 35.4 Å². The van der Waals surface area contributed by atoms with Gasteiger partial charge in [0.1, 0.15) is 0 Å². The van der Waals surface area contributed by atoms with Gasteiger partial charge < -0.3 is 5.32 Å². The third-order valence-corrected chi connectivity index (χ3v) is 3.87. The number of hydrogen-bond acceptors (Lipinski definition) is 3. The first-order chi connectivity index (χ1) is 10.2. The Morgan fingerprint density at radius 1 is 1.33 bits per heavy atom. The highest BCUT2D eigenvalue weighted by Crippen LogP contribution is 2.30. The van der Waals surface area contributed by atoms with Gasteiger partial charge in [-0.1, -0.05) is 11.6 Å². The second-order valence-electron chi connectivity index (χ2n) is 4.99. The maximum atomic E-state index is 6.20. The Balaban J connectivity index is 1.92. The molecule has 3 aromatic rings. The van der Waals surface area contributed by atoms with Crippen molar-refractivity contribution >= 4 is 28.2 Å². The zero-order valence-electron chi connectivity index (χ0n) is 12.0. The van der Waals surface area contributed by atoms with E-state index >= 15 is 0 Å². The van der Waals surface area contributed by atoms with Gasteiger partial charge in [0.15, 0.2) is 0 Å². The molecule has 108 valence electrons. The largest absolute Gasteiger partial charge is 0.378 e. The number of aryl methyl sites for hydroxylation is 1. The van der Waals surface area contributed by atoms with E-state index in [1.54, 1.807) is 6.20 Å². The first-order valence-electron chi connectivity index (χ1n) is 7.01. The summed E-state index contributed by atoms with van der Waals surface area (Å²) >= 11 is 6.20. The summed E-state index contributed by atoms with van der Waals surface area (Å²) in [5, 5.41) is 9.53. The van der Waals surface area contributed by atoms with Crippen LogP contribution in [0.25, 0.3) is 10.9 Å². The molecular weight excluding hydrogens is 284 g/mol.